The highest BCUT2D eigenvalue weighted by Gasteiger charge is 2.40. The number of benzene rings is 1. The fraction of sp³-hybridized carbons (Fsp3) is 0.524. The smallest absolute Gasteiger partial charge is 0.345 e. The normalized spacial score (nSPS) is 16.3. The van der Waals surface area contributed by atoms with E-state index in [4.69, 9.17) is 0 Å². The van der Waals surface area contributed by atoms with Gasteiger partial charge in [-0.25, -0.2) is 4.98 Å². The molecule has 11 heteroatoms. The number of hydrogen-bond donors (Lipinski definition) is 2. The minimum Gasteiger partial charge on any atom is -0.345 e. The van der Waals surface area contributed by atoms with E-state index in [1.807, 2.05) is 0 Å². The zero-order chi connectivity index (χ0) is 23.5. The third-order valence-electron chi connectivity index (χ3n) is 5.33. The Morgan fingerprint density at radius 1 is 1.16 bits per heavy atom. The van der Waals surface area contributed by atoms with E-state index in [0.717, 1.165) is 37.8 Å². The van der Waals surface area contributed by atoms with Crippen LogP contribution in [0.2, 0.25) is 0 Å². The number of carbonyl (C=O) groups excluding carboxylic acids is 1. The summed E-state index contributed by atoms with van der Waals surface area (Å²) in [6, 6.07) is 3.73. The molecule has 0 saturated heterocycles. The summed E-state index contributed by atoms with van der Waals surface area (Å²) in [5.41, 5.74) is -2.04. The zero-order valence-electron chi connectivity index (χ0n) is 17.2. The van der Waals surface area contributed by atoms with Crippen LogP contribution in [-0.4, -0.2) is 23.5 Å². The van der Waals surface area contributed by atoms with Gasteiger partial charge in [0.2, 0.25) is 0 Å². The Hall–Kier alpha value is -2.14. The Labute approximate surface area is 185 Å². The molecule has 176 valence electrons. The van der Waals surface area contributed by atoms with Crippen LogP contribution >= 0.6 is 11.3 Å². The van der Waals surface area contributed by atoms with Gasteiger partial charge in [0.05, 0.1) is 16.6 Å². The molecule has 1 aliphatic rings. The van der Waals surface area contributed by atoms with Gasteiger partial charge >= 0.3 is 12.4 Å². The van der Waals surface area contributed by atoms with Crippen LogP contribution in [0.4, 0.5) is 26.3 Å². The second-order valence-electron chi connectivity index (χ2n) is 7.79. The van der Waals surface area contributed by atoms with E-state index in [0.29, 0.717) is 23.9 Å². The number of amides is 1. The molecule has 4 nitrogen and oxygen atoms in total. The van der Waals surface area contributed by atoms with Gasteiger partial charge in [-0.1, -0.05) is 25.0 Å². The minimum atomic E-state index is -4.82. The maximum Gasteiger partial charge on any atom is 0.435 e. The van der Waals surface area contributed by atoms with E-state index in [2.05, 4.69) is 15.6 Å². The fourth-order valence-corrected chi connectivity index (χ4v) is 4.65. The number of nitrogens with one attached hydrogen (secondary N) is 2. The number of carbonyl (C=O) groups is 1. The van der Waals surface area contributed by atoms with E-state index < -0.39 is 40.4 Å². The average molecular weight is 479 g/mol. The Balaban J connectivity index is 1.72. The van der Waals surface area contributed by atoms with Crippen molar-refractivity contribution in [1.29, 1.82) is 0 Å². The van der Waals surface area contributed by atoms with Crippen LogP contribution in [0, 0.1) is 0 Å². The van der Waals surface area contributed by atoms with Crippen molar-refractivity contribution in [2.24, 2.45) is 0 Å². The lowest BCUT2D eigenvalue weighted by Gasteiger charge is -2.16. The van der Waals surface area contributed by atoms with E-state index in [9.17, 15) is 31.1 Å². The van der Waals surface area contributed by atoms with Crippen molar-refractivity contribution in [2.45, 2.75) is 63.5 Å². The maximum atomic E-state index is 13.5. The Morgan fingerprint density at radius 2 is 1.84 bits per heavy atom. The third-order valence-corrected chi connectivity index (χ3v) is 6.45. The molecule has 1 saturated carbocycles. The molecular formula is C21H23F6N3OS. The molecule has 1 fully saturated rings. The lowest BCUT2D eigenvalue weighted by molar-refractivity contribution is -0.141. The van der Waals surface area contributed by atoms with Gasteiger partial charge in [0.25, 0.3) is 5.91 Å². The SMILES string of the molecule is CC(NC(=O)c1sc(CCNC2CCCC2)nc1C(F)(F)F)c1cccc(C(F)(F)F)c1. The van der Waals surface area contributed by atoms with Gasteiger partial charge in [0.15, 0.2) is 5.69 Å². The van der Waals surface area contributed by atoms with Gasteiger partial charge in [-0.05, 0) is 37.5 Å². The topological polar surface area (TPSA) is 54.0 Å². The highest BCUT2D eigenvalue weighted by Crippen LogP contribution is 2.35. The molecule has 0 aliphatic heterocycles. The number of aromatic nitrogens is 1. The van der Waals surface area contributed by atoms with Gasteiger partial charge in [0.1, 0.15) is 4.88 Å². The number of thiazole rings is 1. The van der Waals surface area contributed by atoms with E-state index in [1.54, 1.807) is 0 Å². The van der Waals surface area contributed by atoms with Crippen LogP contribution in [0.5, 0.6) is 0 Å². The lowest BCUT2D eigenvalue weighted by atomic mass is 10.0. The summed E-state index contributed by atoms with van der Waals surface area (Å²) in [5.74, 6) is -1.02. The first kappa shape index (κ1) is 24.5. The monoisotopic (exact) mass is 479 g/mol. The lowest BCUT2D eigenvalue weighted by Crippen LogP contribution is -2.28. The number of halogens is 6. The van der Waals surface area contributed by atoms with Crippen molar-refractivity contribution in [3.63, 3.8) is 0 Å². The van der Waals surface area contributed by atoms with Crippen molar-refractivity contribution < 1.29 is 31.1 Å². The summed E-state index contributed by atoms with van der Waals surface area (Å²) >= 11 is 0.658. The van der Waals surface area contributed by atoms with Crippen molar-refractivity contribution in [3.8, 4) is 0 Å². The summed E-state index contributed by atoms with van der Waals surface area (Å²) < 4.78 is 79.1. The zero-order valence-corrected chi connectivity index (χ0v) is 18.1. The standard InChI is InChI=1S/C21H23F6N3OS/c1-12(13-5-4-6-14(11-13)20(22,23)24)29-19(31)17-18(21(25,26)27)30-16(32-17)9-10-28-15-7-2-3-8-15/h4-6,11-12,15,28H,2-3,7-10H2,1H3,(H,29,31). The summed E-state index contributed by atoms with van der Waals surface area (Å²) in [5, 5.41) is 5.84. The molecule has 1 heterocycles. The maximum absolute atomic E-state index is 13.5. The molecule has 1 unspecified atom stereocenters. The molecule has 1 aliphatic carbocycles. The van der Waals surface area contributed by atoms with Gasteiger partial charge < -0.3 is 10.6 Å². The molecule has 1 atom stereocenters. The van der Waals surface area contributed by atoms with Crippen molar-refractivity contribution in [1.82, 2.24) is 15.6 Å². The van der Waals surface area contributed by atoms with Crippen molar-refractivity contribution in [3.05, 3.63) is 51.0 Å². The van der Waals surface area contributed by atoms with Crippen LogP contribution in [0.25, 0.3) is 0 Å². The molecule has 0 spiro atoms. The molecule has 1 aromatic heterocycles. The third kappa shape index (κ3) is 6.22. The fourth-order valence-electron chi connectivity index (χ4n) is 3.66. The van der Waals surface area contributed by atoms with E-state index in [-0.39, 0.29) is 17.0 Å². The minimum absolute atomic E-state index is 0.132. The molecule has 1 aromatic carbocycles. The van der Waals surface area contributed by atoms with Crippen molar-refractivity contribution >= 4 is 17.2 Å². The Kier molecular flexibility index (Phi) is 7.49. The molecule has 2 N–H and O–H groups in total. The molecule has 1 amide bonds. The molecule has 2 aromatic rings. The van der Waals surface area contributed by atoms with Gasteiger partial charge in [-0.3, -0.25) is 4.79 Å². The molecule has 3 rings (SSSR count). The summed E-state index contributed by atoms with van der Waals surface area (Å²) in [6.07, 6.45) is -4.81. The second-order valence-corrected chi connectivity index (χ2v) is 8.87. The van der Waals surface area contributed by atoms with Gasteiger partial charge in [0, 0.05) is 19.0 Å². The van der Waals surface area contributed by atoms with Crippen LogP contribution < -0.4 is 10.6 Å². The summed E-state index contributed by atoms with van der Waals surface area (Å²) in [7, 11) is 0. The second kappa shape index (κ2) is 9.78. The van der Waals surface area contributed by atoms with E-state index in [1.165, 1.54) is 19.1 Å². The predicted molar refractivity (Wildman–Crippen MR) is 108 cm³/mol. The number of rotatable bonds is 7. The number of hydrogen-bond acceptors (Lipinski definition) is 4. The number of alkyl halides is 6. The summed E-state index contributed by atoms with van der Waals surface area (Å²) in [6.45, 7) is 1.87. The van der Waals surface area contributed by atoms with Crippen LogP contribution in [-0.2, 0) is 18.8 Å². The Bertz CT molecular complexity index is 934. The van der Waals surface area contributed by atoms with Crippen LogP contribution in [0.1, 0.15) is 70.1 Å². The average Bonchev–Trinajstić information content (AvgIpc) is 3.37. The molecule has 32 heavy (non-hydrogen) atoms. The highest BCUT2D eigenvalue weighted by molar-refractivity contribution is 7.13. The van der Waals surface area contributed by atoms with Crippen molar-refractivity contribution in [2.75, 3.05) is 6.54 Å². The largest absolute Gasteiger partial charge is 0.435 e. The van der Waals surface area contributed by atoms with Gasteiger partial charge in [-0.2, -0.15) is 26.3 Å². The first-order chi connectivity index (χ1) is 14.9. The van der Waals surface area contributed by atoms with Gasteiger partial charge in [-0.15, -0.1) is 11.3 Å². The first-order valence-corrected chi connectivity index (χ1v) is 11.0. The van der Waals surface area contributed by atoms with Crippen LogP contribution in [0.3, 0.4) is 0 Å². The van der Waals surface area contributed by atoms with Crippen LogP contribution in [0.15, 0.2) is 24.3 Å². The first-order valence-electron chi connectivity index (χ1n) is 10.2. The molecule has 0 radical (unpaired) electrons. The molecular weight excluding hydrogens is 456 g/mol. The number of nitrogens with zero attached hydrogens (tertiary/aromatic N) is 1. The Morgan fingerprint density at radius 3 is 2.47 bits per heavy atom. The summed E-state index contributed by atoms with van der Waals surface area (Å²) in [4.78, 5) is 15.6. The molecule has 0 bridgehead atoms. The predicted octanol–water partition coefficient (Wildman–Crippen LogP) is 5.75. The quantitative estimate of drug-likeness (QED) is 0.498. The highest BCUT2D eigenvalue weighted by atomic mass is 32.1. The van der Waals surface area contributed by atoms with E-state index >= 15 is 0 Å².